The molecule has 1 aromatic heterocycles. The number of hydrogen-bond acceptors (Lipinski definition) is 6. The molecule has 21 heavy (non-hydrogen) atoms. The molecule has 0 aliphatic heterocycles. The molecule has 1 heterocycles. The molecule has 2 rings (SSSR count). The number of nitrogens with two attached hydrogens (primary N) is 1. The summed E-state index contributed by atoms with van der Waals surface area (Å²) in [5, 5.41) is 3.20. The molecule has 0 aliphatic rings. The molecule has 0 aliphatic carbocycles. The molecule has 6 nitrogen and oxygen atoms in total. The molecule has 6 heteroatoms. The number of nitrogens with zero attached hydrogens (tertiary/aromatic N) is 2. The normalized spacial score (nSPS) is 10.5. The Balaban J connectivity index is 2.33. The highest BCUT2D eigenvalue weighted by atomic mass is 16.5. The van der Waals surface area contributed by atoms with Crippen LogP contribution in [0.25, 0.3) is 0 Å². The standard InChI is InChI=1S/C15H20N4O2/c1-9(2)15-18-13(16)8-14(19-15)17-11-6-5-10(20-3)7-12(11)21-4/h5-9H,1-4H3,(H3,16,17,18,19). The summed E-state index contributed by atoms with van der Waals surface area (Å²) in [6, 6.07) is 7.20. The van der Waals surface area contributed by atoms with Crippen LogP contribution < -0.4 is 20.5 Å². The van der Waals surface area contributed by atoms with Crippen molar-refractivity contribution in [1.82, 2.24) is 9.97 Å². The van der Waals surface area contributed by atoms with E-state index in [9.17, 15) is 0 Å². The molecule has 0 radical (unpaired) electrons. The minimum atomic E-state index is 0.201. The van der Waals surface area contributed by atoms with E-state index in [-0.39, 0.29) is 5.92 Å². The summed E-state index contributed by atoms with van der Waals surface area (Å²) in [7, 11) is 3.22. The van der Waals surface area contributed by atoms with E-state index in [4.69, 9.17) is 15.2 Å². The van der Waals surface area contributed by atoms with Gasteiger partial charge in [-0.2, -0.15) is 0 Å². The first kappa shape index (κ1) is 14.9. The van der Waals surface area contributed by atoms with Gasteiger partial charge in [-0.1, -0.05) is 13.8 Å². The second kappa shape index (κ2) is 6.30. The summed E-state index contributed by atoms with van der Waals surface area (Å²) >= 11 is 0. The fourth-order valence-electron chi connectivity index (χ4n) is 1.85. The summed E-state index contributed by atoms with van der Waals surface area (Å²) < 4.78 is 10.5. The zero-order valence-electron chi connectivity index (χ0n) is 12.7. The molecule has 0 saturated heterocycles. The molecule has 0 unspecified atom stereocenters. The maximum absolute atomic E-state index is 5.82. The molecule has 0 spiro atoms. The van der Waals surface area contributed by atoms with E-state index in [1.807, 2.05) is 26.0 Å². The monoisotopic (exact) mass is 288 g/mol. The van der Waals surface area contributed by atoms with Gasteiger partial charge in [-0.25, -0.2) is 9.97 Å². The van der Waals surface area contributed by atoms with Crippen molar-refractivity contribution in [3.05, 3.63) is 30.1 Å². The number of nitrogens with one attached hydrogen (secondary N) is 1. The lowest BCUT2D eigenvalue weighted by atomic mass is 10.2. The molecule has 3 N–H and O–H groups in total. The largest absolute Gasteiger partial charge is 0.497 e. The van der Waals surface area contributed by atoms with Crippen LogP contribution in [-0.4, -0.2) is 24.2 Å². The SMILES string of the molecule is COc1ccc(Nc2cc(N)nc(C(C)C)n2)c(OC)c1. The molecule has 0 amide bonds. The van der Waals surface area contributed by atoms with Gasteiger partial charge in [-0.05, 0) is 12.1 Å². The Morgan fingerprint density at radius 2 is 1.86 bits per heavy atom. The highest BCUT2D eigenvalue weighted by Crippen LogP contribution is 2.31. The molecule has 1 aromatic carbocycles. The van der Waals surface area contributed by atoms with E-state index in [2.05, 4.69) is 15.3 Å². The third-order valence-corrected chi connectivity index (χ3v) is 2.95. The van der Waals surface area contributed by atoms with Gasteiger partial charge < -0.3 is 20.5 Å². The average molecular weight is 288 g/mol. The molecular formula is C15H20N4O2. The van der Waals surface area contributed by atoms with Crippen molar-refractivity contribution in [3.63, 3.8) is 0 Å². The Morgan fingerprint density at radius 3 is 2.48 bits per heavy atom. The number of hydrogen-bond donors (Lipinski definition) is 2. The first-order chi connectivity index (χ1) is 10.0. The Morgan fingerprint density at radius 1 is 1.10 bits per heavy atom. The van der Waals surface area contributed by atoms with Crippen LogP contribution in [0.15, 0.2) is 24.3 Å². The van der Waals surface area contributed by atoms with Crippen LogP contribution in [0, 0.1) is 0 Å². The summed E-state index contributed by atoms with van der Waals surface area (Å²) in [5.74, 6) is 3.36. The maximum Gasteiger partial charge on any atom is 0.146 e. The topological polar surface area (TPSA) is 82.3 Å². The van der Waals surface area contributed by atoms with E-state index >= 15 is 0 Å². The summed E-state index contributed by atoms with van der Waals surface area (Å²) in [6.45, 7) is 4.04. The van der Waals surface area contributed by atoms with E-state index < -0.39 is 0 Å². The molecular weight excluding hydrogens is 268 g/mol. The van der Waals surface area contributed by atoms with E-state index in [0.29, 0.717) is 23.2 Å². The lowest BCUT2D eigenvalue weighted by Gasteiger charge is -2.13. The van der Waals surface area contributed by atoms with Crippen molar-refractivity contribution in [3.8, 4) is 11.5 Å². The Bertz CT molecular complexity index is 629. The van der Waals surface area contributed by atoms with Crippen molar-refractivity contribution >= 4 is 17.3 Å². The van der Waals surface area contributed by atoms with Crippen molar-refractivity contribution < 1.29 is 9.47 Å². The van der Waals surface area contributed by atoms with Gasteiger partial charge in [0, 0.05) is 18.1 Å². The maximum atomic E-state index is 5.82. The van der Waals surface area contributed by atoms with Crippen molar-refractivity contribution in [2.24, 2.45) is 0 Å². The van der Waals surface area contributed by atoms with Crippen LogP contribution in [0.4, 0.5) is 17.3 Å². The van der Waals surface area contributed by atoms with Crippen molar-refractivity contribution in [2.45, 2.75) is 19.8 Å². The average Bonchev–Trinajstić information content (AvgIpc) is 2.47. The lowest BCUT2D eigenvalue weighted by Crippen LogP contribution is -2.05. The first-order valence-corrected chi connectivity index (χ1v) is 6.67. The number of benzene rings is 1. The van der Waals surface area contributed by atoms with Crippen LogP contribution in [0.1, 0.15) is 25.6 Å². The third kappa shape index (κ3) is 3.53. The minimum Gasteiger partial charge on any atom is -0.497 e. The smallest absolute Gasteiger partial charge is 0.146 e. The van der Waals surface area contributed by atoms with Crippen molar-refractivity contribution in [2.75, 3.05) is 25.3 Å². The summed E-state index contributed by atoms with van der Waals surface area (Å²) in [5.41, 5.74) is 6.61. The highest BCUT2D eigenvalue weighted by Gasteiger charge is 2.10. The number of nitrogen functional groups attached to an aromatic ring is 1. The van der Waals surface area contributed by atoms with Crippen LogP contribution in [0.3, 0.4) is 0 Å². The zero-order chi connectivity index (χ0) is 15.4. The number of ether oxygens (including phenoxy) is 2. The quantitative estimate of drug-likeness (QED) is 0.880. The predicted molar refractivity (Wildman–Crippen MR) is 83.4 cm³/mol. The van der Waals surface area contributed by atoms with Gasteiger partial charge in [0.05, 0.1) is 19.9 Å². The first-order valence-electron chi connectivity index (χ1n) is 6.67. The second-order valence-corrected chi connectivity index (χ2v) is 4.88. The zero-order valence-corrected chi connectivity index (χ0v) is 12.7. The highest BCUT2D eigenvalue weighted by molar-refractivity contribution is 5.66. The molecule has 0 atom stereocenters. The van der Waals surface area contributed by atoms with E-state index in [1.54, 1.807) is 26.4 Å². The lowest BCUT2D eigenvalue weighted by molar-refractivity contribution is 0.395. The van der Waals surface area contributed by atoms with Gasteiger partial charge in [-0.3, -0.25) is 0 Å². The van der Waals surface area contributed by atoms with Crippen LogP contribution in [0.2, 0.25) is 0 Å². The Labute approximate surface area is 124 Å². The van der Waals surface area contributed by atoms with Crippen LogP contribution >= 0.6 is 0 Å². The van der Waals surface area contributed by atoms with Crippen LogP contribution in [0.5, 0.6) is 11.5 Å². The molecule has 0 bridgehead atoms. The summed E-state index contributed by atoms with van der Waals surface area (Å²) in [4.78, 5) is 8.68. The molecule has 2 aromatic rings. The number of anilines is 3. The molecule has 112 valence electrons. The van der Waals surface area contributed by atoms with E-state index in [0.717, 1.165) is 11.4 Å². The predicted octanol–water partition coefficient (Wildman–Crippen LogP) is 2.94. The minimum absolute atomic E-state index is 0.201. The van der Waals surface area contributed by atoms with Gasteiger partial charge in [0.1, 0.15) is 29.0 Å². The Hall–Kier alpha value is -2.50. The Kier molecular flexibility index (Phi) is 4.47. The van der Waals surface area contributed by atoms with E-state index in [1.165, 1.54) is 0 Å². The third-order valence-electron chi connectivity index (χ3n) is 2.95. The van der Waals surface area contributed by atoms with Crippen molar-refractivity contribution in [1.29, 1.82) is 0 Å². The van der Waals surface area contributed by atoms with Crippen LogP contribution in [-0.2, 0) is 0 Å². The molecule has 0 fully saturated rings. The van der Waals surface area contributed by atoms with Gasteiger partial charge in [0.25, 0.3) is 0 Å². The summed E-state index contributed by atoms with van der Waals surface area (Å²) in [6.07, 6.45) is 0. The molecule has 0 saturated carbocycles. The van der Waals surface area contributed by atoms with Gasteiger partial charge >= 0.3 is 0 Å². The number of rotatable bonds is 5. The number of methoxy groups -OCH3 is 2. The fraction of sp³-hybridized carbons (Fsp3) is 0.333. The number of aromatic nitrogens is 2. The second-order valence-electron chi connectivity index (χ2n) is 4.88. The van der Waals surface area contributed by atoms with Gasteiger partial charge in [0.15, 0.2) is 0 Å². The van der Waals surface area contributed by atoms with Gasteiger partial charge in [0.2, 0.25) is 0 Å². The van der Waals surface area contributed by atoms with Gasteiger partial charge in [-0.15, -0.1) is 0 Å². The fourth-order valence-corrected chi connectivity index (χ4v) is 1.85.